The highest BCUT2D eigenvalue weighted by molar-refractivity contribution is 6.00. The summed E-state index contributed by atoms with van der Waals surface area (Å²) in [5, 5.41) is 10.6. The topological polar surface area (TPSA) is 73.4 Å². The zero-order valence-corrected chi connectivity index (χ0v) is 12.9. The van der Waals surface area contributed by atoms with Crippen LogP contribution in [0.3, 0.4) is 0 Å². The molecule has 5 nitrogen and oxygen atoms in total. The number of carboxylic acids is 1. The van der Waals surface area contributed by atoms with Gasteiger partial charge in [-0.3, -0.25) is 4.79 Å². The molecule has 1 saturated carbocycles. The number of hydrogen-bond donors (Lipinski definition) is 2. The highest BCUT2D eigenvalue weighted by Gasteiger charge is 2.47. The number of aliphatic carboxylic acids is 1. The van der Waals surface area contributed by atoms with E-state index in [0.29, 0.717) is 17.9 Å². The molecule has 4 rings (SSSR count). The number of carbonyl (C=O) groups excluding carboxylic acids is 1. The molecule has 1 aromatic carbocycles. The zero-order chi connectivity index (χ0) is 16.0. The molecule has 2 N–H and O–H groups in total. The van der Waals surface area contributed by atoms with Gasteiger partial charge in [-0.1, -0.05) is 18.9 Å². The molecule has 5 heteroatoms. The van der Waals surface area contributed by atoms with Gasteiger partial charge in [0, 0.05) is 23.3 Å². The molecular weight excluding hydrogens is 292 g/mol. The highest BCUT2D eigenvalue weighted by Crippen LogP contribution is 2.40. The number of carbonyl (C=O) groups is 2. The maximum atomic E-state index is 13.0. The van der Waals surface area contributed by atoms with Crippen molar-refractivity contribution >= 4 is 22.8 Å². The first-order valence-electron chi connectivity index (χ1n) is 8.28. The molecular formula is C18H20N2O3. The number of rotatable bonds is 2. The summed E-state index contributed by atoms with van der Waals surface area (Å²) in [6, 6.07) is 6.88. The molecule has 2 fully saturated rings. The molecule has 120 valence electrons. The van der Waals surface area contributed by atoms with Gasteiger partial charge < -0.3 is 15.0 Å². The standard InChI is InChI=1S/C18H20N2O3/c21-17(13-6-5-11-7-8-19-14(11)9-13)20-15-4-2-1-3-12(15)10-16(20)18(22)23/h5-9,12,15-16,19H,1-4,10H2,(H,22,23)/t12-,15-,16-/m0/s1. The Morgan fingerprint density at radius 1 is 1.17 bits per heavy atom. The number of H-pyrrole nitrogens is 1. The Morgan fingerprint density at radius 2 is 2.00 bits per heavy atom. The van der Waals surface area contributed by atoms with Crippen LogP contribution < -0.4 is 0 Å². The lowest BCUT2D eigenvalue weighted by Crippen LogP contribution is -2.46. The summed E-state index contributed by atoms with van der Waals surface area (Å²) < 4.78 is 0. The Labute approximate surface area is 134 Å². The van der Waals surface area contributed by atoms with Crippen LogP contribution in [0.5, 0.6) is 0 Å². The molecule has 2 heterocycles. The first kappa shape index (κ1) is 14.3. The van der Waals surface area contributed by atoms with Crippen molar-refractivity contribution in [3.05, 3.63) is 36.0 Å². The van der Waals surface area contributed by atoms with Crippen LogP contribution in [0.25, 0.3) is 10.9 Å². The van der Waals surface area contributed by atoms with Gasteiger partial charge in [-0.15, -0.1) is 0 Å². The second-order valence-electron chi connectivity index (χ2n) is 6.69. The van der Waals surface area contributed by atoms with Crippen molar-refractivity contribution in [2.24, 2.45) is 5.92 Å². The maximum Gasteiger partial charge on any atom is 0.326 e. The van der Waals surface area contributed by atoms with E-state index in [1.54, 1.807) is 11.0 Å². The lowest BCUT2D eigenvalue weighted by Gasteiger charge is -2.33. The number of nitrogens with zero attached hydrogens (tertiary/aromatic N) is 1. The van der Waals surface area contributed by atoms with Crippen molar-refractivity contribution in [2.45, 2.75) is 44.2 Å². The summed E-state index contributed by atoms with van der Waals surface area (Å²) in [6.07, 6.45) is 6.61. The quantitative estimate of drug-likeness (QED) is 0.895. The van der Waals surface area contributed by atoms with Gasteiger partial charge in [0.2, 0.25) is 0 Å². The second-order valence-corrected chi connectivity index (χ2v) is 6.69. The van der Waals surface area contributed by atoms with Gasteiger partial charge in [0.1, 0.15) is 6.04 Å². The molecule has 1 amide bonds. The van der Waals surface area contributed by atoms with Crippen LogP contribution in [0, 0.1) is 5.92 Å². The fourth-order valence-corrected chi connectivity index (χ4v) is 4.30. The second kappa shape index (κ2) is 5.41. The van der Waals surface area contributed by atoms with E-state index in [9.17, 15) is 14.7 Å². The van der Waals surface area contributed by atoms with Crippen molar-refractivity contribution in [3.63, 3.8) is 0 Å². The molecule has 0 bridgehead atoms. The largest absolute Gasteiger partial charge is 0.480 e. The minimum atomic E-state index is -0.881. The van der Waals surface area contributed by atoms with E-state index in [2.05, 4.69) is 4.98 Å². The van der Waals surface area contributed by atoms with E-state index in [1.165, 1.54) is 0 Å². The summed E-state index contributed by atoms with van der Waals surface area (Å²) in [6.45, 7) is 0. The number of benzene rings is 1. The predicted molar refractivity (Wildman–Crippen MR) is 86.3 cm³/mol. The van der Waals surface area contributed by atoms with Crippen LogP contribution >= 0.6 is 0 Å². The third-order valence-electron chi connectivity index (χ3n) is 5.41. The summed E-state index contributed by atoms with van der Waals surface area (Å²) in [5.74, 6) is -0.694. The highest BCUT2D eigenvalue weighted by atomic mass is 16.4. The van der Waals surface area contributed by atoms with E-state index < -0.39 is 12.0 Å². The molecule has 1 saturated heterocycles. The van der Waals surface area contributed by atoms with E-state index >= 15 is 0 Å². The Balaban J connectivity index is 1.70. The lowest BCUT2D eigenvalue weighted by molar-refractivity contribution is -0.141. The number of aromatic amines is 1. The normalized spacial score (nSPS) is 27.1. The molecule has 0 unspecified atom stereocenters. The monoisotopic (exact) mass is 312 g/mol. The number of nitrogens with one attached hydrogen (secondary N) is 1. The van der Waals surface area contributed by atoms with Gasteiger partial charge in [-0.2, -0.15) is 0 Å². The summed E-state index contributed by atoms with van der Waals surface area (Å²) in [4.78, 5) is 29.5. The van der Waals surface area contributed by atoms with Gasteiger partial charge in [-0.05, 0) is 48.8 Å². The van der Waals surface area contributed by atoms with Crippen LogP contribution in [0.1, 0.15) is 42.5 Å². The first-order chi connectivity index (χ1) is 11.1. The number of fused-ring (bicyclic) bond motifs is 2. The molecule has 3 atom stereocenters. The molecule has 2 aliphatic rings. The Morgan fingerprint density at radius 3 is 2.83 bits per heavy atom. The predicted octanol–water partition coefficient (Wildman–Crippen LogP) is 3.03. The molecule has 23 heavy (non-hydrogen) atoms. The third kappa shape index (κ3) is 2.31. The summed E-state index contributed by atoms with van der Waals surface area (Å²) >= 11 is 0. The Kier molecular flexibility index (Phi) is 3.36. The zero-order valence-electron chi connectivity index (χ0n) is 12.9. The molecule has 1 aliphatic heterocycles. The van der Waals surface area contributed by atoms with Gasteiger partial charge in [-0.25, -0.2) is 4.79 Å². The average Bonchev–Trinajstić information content (AvgIpc) is 3.17. The SMILES string of the molecule is O=C(O)[C@@H]1C[C@@H]2CCCC[C@@H]2N1C(=O)c1ccc2cc[nH]c2c1. The molecule has 1 aliphatic carbocycles. The fourth-order valence-electron chi connectivity index (χ4n) is 4.30. The third-order valence-corrected chi connectivity index (χ3v) is 5.41. The van der Waals surface area contributed by atoms with Crippen molar-refractivity contribution in [1.29, 1.82) is 0 Å². The van der Waals surface area contributed by atoms with Crippen LogP contribution in [0.15, 0.2) is 30.5 Å². The number of carboxylic acid groups (broad SMARTS) is 1. The molecule has 2 aromatic rings. The van der Waals surface area contributed by atoms with E-state index in [1.807, 2.05) is 24.4 Å². The fraction of sp³-hybridized carbons (Fsp3) is 0.444. The van der Waals surface area contributed by atoms with Crippen LogP contribution in [0.4, 0.5) is 0 Å². The van der Waals surface area contributed by atoms with Gasteiger partial charge in [0.15, 0.2) is 0 Å². The average molecular weight is 312 g/mol. The Bertz CT molecular complexity index is 766. The summed E-state index contributed by atoms with van der Waals surface area (Å²) in [7, 11) is 0. The van der Waals surface area contributed by atoms with Crippen molar-refractivity contribution in [3.8, 4) is 0 Å². The number of hydrogen-bond acceptors (Lipinski definition) is 2. The van der Waals surface area contributed by atoms with Crippen LogP contribution in [-0.2, 0) is 4.79 Å². The number of likely N-dealkylation sites (tertiary alicyclic amines) is 1. The summed E-state index contributed by atoms with van der Waals surface area (Å²) in [5.41, 5.74) is 1.47. The van der Waals surface area contributed by atoms with Crippen molar-refractivity contribution in [1.82, 2.24) is 9.88 Å². The minimum Gasteiger partial charge on any atom is -0.480 e. The van der Waals surface area contributed by atoms with Gasteiger partial charge >= 0.3 is 5.97 Å². The lowest BCUT2D eigenvalue weighted by atomic mass is 9.84. The Hall–Kier alpha value is -2.30. The molecule has 0 spiro atoms. The molecule has 0 radical (unpaired) electrons. The smallest absolute Gasteiger partial charge is 0.326 e. The number of aromatic nitrogens is 1. The minimum absolute atomic E-state index is 0.0803. The van der Waals surface area contributed by atoms with E-state index in [0.717, 1.165) is 36.6 Å². The van der Waals surface area contributed by atoms with E-state index in [4.69, 9.17) is 0 Å². The maximum absolute atomic E-state index is 13.0. The number of amides is 1. The van der Waals surface area contributed by atoms with Crippen LogP contribution in [0.2, 0.25) is 0 Å². The van der Waals surface area contributed by atoms with Gasteiger partial charge in [0.05, 0.1) is 0 Å². The van der Waals surface area contributed by atoms with Gasteiger partial charge in [0.25, 0.3) is 5.91 Å². The molecule has 1 aromatic heterocycles. The van der Waals surface area contributed by atoms with E-state index in [-0.39, 0.29) is 11.9 Å². The first-order valence-corrected chi connectivity index (χ1v) is 8.28. The van der Waals surface area contributed by atoms with Crippen LogP contribution in [-0.4, -0.2) is 39.0 Å². The van der Waals surface area contributed by atoms with Crippen molar-refractivity contribution < 1.29 is 14.7 Å². The van der Waals surface area contributed by atoms with Crippen molar-refractivity contribution in [2.75, 3.05) is 0 Å².